The first-order chi connectivity index (χ1) is 13.0. The van der Waals surface area contributed by atoms with Gasteiger partial charge in [0, 0.05) is 28.6 Å². The molecule has 1 aromatic heterocycles. The molecule has 136 valence electrons. The lowest BCUT2D eigenvalue weighted by Gasteiger charge is -2.08. The number of pyridine rings is 1. The van der Waals surface area contributed by atoms with E-state index in [1.165, 1.54) is 11.8 Å². The Hall–Kier alpha value is -3.46. The summed E-state index contributed by atoms with van der Waals surface area (Å²) in [4.78, 5) is 27.3. The van der Waals surface area contributed by atoms with E-state index in [2.05, 4.69) is 15.5 Å². The van der Waals surface area contributed by atoms with Crippen molar-refractivity contribution in [2.75, 3.05) is 5.75 Å². The molecular weight excluding hydrogens is 368 g/mol. The molecule has 0 unspecified atom stereocenters. The first-order valence-corrected chi connectivity index (χ1v) is 8.77. The van der Waals surface area contributed by atoms with Crippen LogP contribution in [-0.4, -0.2) is 27.8 Å². The van der Waals surface area contributed by atoms with Crippen molar-refractivity contribution in [3.05, 3.63) is 70.4 Å². The number of hydrogen-bond acceptors (Lipinski definition) is 7. The molecule has 2 aromatic carbocycles. The fourth-order valence-electron chi connectivity index (χ4n) is 2.29. The lowest BCUT2D eigenvalue weighted by molar-refractivity contribution is -0.385. The number of non-ortho nitro benzene ring substituents is 1. The van der Waals surface area contributed by atoms with Crippen LogP contribution in [0.3, 0.4) is 0 Å². The maximum absolute atomic E-state index is 12.0. The predicted octanol–water partition coefficient (Wildman–Crippen LogP) is 2.46. The smallest absolute Gasteiger partial charge is 0.270 e. The molecule has 0 bridgehead atoms. The van der Waals surface area contributed by atoms with Crippen LogP contribution in [0.25, 0.3) is 10.9 Å². The number of amides is 1. The normalized spacial score (nSPS) is 11.0. The maximum atomic E-state index is 12.0. The summed E-state index contributed by atoms with van der Waals surface area (Å²) in [7, 11) is 0. The van der Waals surface area contributed by atoms with Crippen LogP contribution in [0, 0.1) is 10.1 Å². The van der Waals surface area contributed by atoms with Crippen molar-refractivity contribution < 1.29 is 14.8 Å². The van der Waals surface area contributed by atoms with Gasteiger partial charge in [-0.25, -0.2) is 5.43 Å². The van der Waals surface area contributed by atoms with E-state index in [0.29, 0.717) is 0 Å². The minimum atomic E-state index is -0.607. The van der Waals surface area contributed by atoms with Crippen molar-refractivity contribution in [1.82, 2.24) is 10.4 Å². The van der Waals surface area contributed by atoms with Gasteiger partial charge in [-0.05, 0) is 17.7 Å². The fraction of sp³-hybridized carbons (Fsp3) is 0.0556. The number of para-hydroxylation sites is 1. The number of carbonyl (C=O) groups is 1. The first kappa shape index (κ1) is 18.3. The minimum Gasteiger partial charge on any atom is -0.872 e. The first-order valence-electron chi connectivity index (χ1n) is 7.78. The molecule has 9 heteroatoms. The number of carbonyl (C=O) groups excluding carboxylic acids is 1. The number of nitrogens with one attached hydrogen (secondary N) is 1. The van der Waals surface area contributed by atoms with Crippen molar-refractivity contribution >= 4 is 40.5 Å². The number of rotatable bonds is 6. The van der Waals surface area contributed by atoms with Crippen LogP contribution in [-0.2, 0) is 4.79 Å². The molecule has 3 aromatic rings. The Kier molecular flexibility index (Phi) is 5.62. The van der Waals surface area contributed by atoms with Crippen molar-refractivity contribution in [3.8, 4) is 5.75 Å². The molecule has 0 aliphatic rings. The Morgan fingerprint density at radius 2 is 2.07 bits per heavy atom. The Morgan fingerprint density at radius 3 is 2.89 bits per heavy atom. The number of nitrogens with zero attached hydrogens (tertiary/aromatic N) is 3. The summed E-state index contributed by atoms with van der Waals surface area (Å²) >= 11 is 1.31. The largest absolute Gasteiger partial charge is 0.872 e. The van der Waals surface area contributed by atoms with Crippen LogP contribution in [0.2, 0.25) is 0 Å². The van der Waals surface area contributed by atoms with E-state index >= 15 is 0 Å². The van der Waals surface area contributed by atoms with E-state index in [0.717, 1.165) is 40.2 Å². The second kappa shape index (κ2) is 8.28. The summed E-state index contributed by atoms with van der Waals surface area (Å²) in [5, 5.41) is 27.1. The minimum absolute atomic E-state index is 0.0235. The van der Waals surface area contributed by atoms with E-state index in [1.54, 1.807) is 6.20 Å². The van der Waals surface area contributed by atoms with Gasteiger partial charge in [0.25, 0.3) is 5.69 Å². The summed E-state index contributed by atoms with van der Waals surface area (Å²) in [5.41, 5.74) is 2.92. The van der Waals surface area contributed by atoms with Crippen molar-refractivity contribution in [2.24, 2.45) is 5.10 Å². The van der Waals surface area contributed by atoms with Crippen LogP contribution < -0.4 is 10.5 Å². The molecule has 0 fully saturated rings. The Labute approximate surface area is 158 Å². The van der Waals surface area contributed by atoms with Gasteiger partial charge in [0.05, 0.1) is 22.4 Å². The summed E-state index contributed by atoms with van der Waals surface area (Å²) < 4.78 is 0. The quantitative estimate of drug-likeness (QED) is 0.303. The molecule has 0 aliphatic heterocycles. The maximum Gasteiger partial charge on any atom is 0.270 e. The molecule has 0 aliphatic carbocycles. The summed E-state index contributed by atoms with van der Waals surface area (Å²) in [6.45, 7) is 0. The number of fused-ring (bicyclic) bond motifs is 1. The fourth-order valence-corrected chi connectivity index (χ4v) is 3.13. The summed E-state index contributed by atoms with van der Waals surface area (Å²) in [5.74, 6) is -0.691. The van der Waals surface area contributed by atoms with Crippen LogP contribution in [0.4, 0.5) is 5.69 Å². The third-order valence-corrected chi connectivity index (χ3v) is 4.60. The monoisotopic (exact) mass is 381 g/mol. The van der Waals surface area contributed by atoms with Crippen molar-refractivity contribution in [1.29, 1.82) is 0 Å². The molecule has 8 nitrogen and oxygen atoms in total. The molecule has 0 saturated carbocycles. The van der Waals surface area contributed by atoms with E-state index < -0.39 is 10.7 Å². The third kappa shape index (κ3) is 4.59. The van der Waals surface area contributed by atoms with Gasteiger partial charge in [-0.2, -0.15) is 5.10 Å². The summed E-state index contributed by atoms with van der Waals surface area (Å²) in [6, 6.07) is 12.8. The second-order valence-electron chi connectivity index (χ2n) is 5.39. The summed E-state index contributed by atoms with van der Waals surface area (Å²) in [6.07, 6.45) is 2.79. The standard InChI is InChI=1S/C18H14N4O4S/c23-15-7-6-14(22(25)26)9-13(15)10-20-21-17(24)11-27-16-5-1-3-12-4-2-8-19-18(12)16/h1-10,23H,11H2,(H,21,24)/p-1/b20-10-. The average molecular weight is 381 g/mol. The predicted molar refractivity (Wildman–Crippen MR) is 101 cm³/mol. The lowest BCUT2D eigenvalue weighted by atomic mass is 10.2. The Balaban J connectivity index is 1.61. The topological polar surface area (TPSA) is 121 Å². The highest BCUT2D eigenvalue weighted by atomic mass is 32.2. The van der Waals surface area contributed by atoms with Gasteiger partial charge >= 0.3 is 0 Å². The van der Waals surface area contributed by atoms with Crippen molar-refractivity contribution in [2.45, 2.75) is 4.90 Å². The molecule has 1 N–H and O–H groups in total. The number of aromatic nitrogens is 1. The molecule has 0 saturated heterocycles. The number of hydrogen-bond donors (Lipinski definition) is 1. The van der Waals surface area contributed by atoms with Gasteiger partial charge in [-0.15, -0.1) is 11.8 Å². The highest BCUT2D eigenvalue weighted by molar-refractivity contribution is 8.00. The number of nitro benzene ring substituents is 1. The Bertz CT molecular complexity index is 1030. The van der Waals surface area contributed by atoms with Gasteiger partial charge in [-0.1, -0.05) is 30.0 Å². The molecule has 0 radical (unpaired) electrons. The lowest BCUT2D eigenvalue weighted by Crippen LogP contribution is -2.19. The van der Waals surface area contributed by atoms with Gasteiger partial charge in [0.1, 0.15) is 0 Å². The molecule has 1 heterocycles. The molecule has 1 amide bonds. The highest BCUT2D eigenvalue weighted by Crippen LogP contribution is 2.25. The average Bonchev–Trinajstić information content (AvgIpc) is 2.67. The van der Waals surface area contributed by atoms with Crippen molar-refractivity contribution in [3.63, 3.8) is 0 Å². The number of hydrazone groups is 1. The van der Waals surface area contributed by atoms with Gasteiger partial charge in [0.2, 0.25) is 5.91 Å². The van der Waals surface area contributed by atoms with Gasteiger partial charge in [-0.3, -0.25) is 19.9 Å². The zero-order valence-corrected chi connectivity index (χ0v) is 14.7. The third-order valence-electron chi connectivity index (χ3n) is 3.55. The SMILES string of the molecule is O=C(CSc1cccc2cccnc12)N/N=C\c1cc([N+](=O)[O-])ccc1[O-]. The zero-order chi connectivity index (χ0) is 19.2. The number of benzene rings is 2. The van der Waals surface area contributed by atoms with Crippen LogP contribution in [0.1, 0.15) is 5.56 Å². The molecule has 3 rings (SSSR count). The number of nitro groups is 1. The van der Waals surface area contributed by atoms with E-state index in [1.807, 2.05) is 30.3 Å². The van der Waals surface area contributed by atoms with E-state index in [-0.39, 0.29) is 22.9 Å². The zero-order valence-electron chi connectivity index (χ0n) is 13.9. The van der Waals surface area contributed by atoms with Gasteiger partial charge < -0.3 is 5.11 Å². The van der Waals surface area contributed by atoms with Gasteiger partial charge in [0.15, 0.2) is 0 Å². The van der Waals surface area contributed by atoms with Crippen LogP contribution in [0.5, 0.6) is 5.75 Å². The molecule has 0 spiro atoms. The highest BCUT2D eigenvalue weighted by Gasteiger charge is 2.07. The van der Waals surface area contributed by atoms with E-state index in [4.69, 9.17) is 0 Å². The molecule has 27 heavy (non-hydrogen) atoms. The molecular formula is C18H13N4O4S-. The van der Waals surface area contributed by atoms with E-state index in [9.17, 15) is 20.0 Å². The molecule has 0 atom stereocenters. The second-order valence-corrected chi connectivity index (χ2v) is 6.41. The van der Waals surface area contributed by atoms with Crippen LogP contribution in [0.15, 0.2) is 64.7 Å². The Morgan fingerprint density at radius 1 is 1.26 bits per heavy atom. The van der Waals surface area contributed by atoms with Crippen LogP contribution >= 0.6 is 11.8 Å². The number of thioether (sulfide) groups is 1.